The van der Waals surface area contributed by atoms with E-state index in [-0.39, 0.29) is 17.3 Å². The molecule has 4 rings (SSSR count). The lowest BCUT2D eigenvalue weighted by atomic mass is 10.2. The number of hydrogen-bond acceptors (Lipinski definition) is 5. The van der Waals surface area contributed by atoms with Gasteiger partial charge in [-0.1, -0.05) is 35.9 Å². The number of rotatable bonds is 8. The summed E-state index contributed by atoms with van der Waals surface area (Å²) in [6.07, 6.45) is 2.65. The highest BCUT2D eigenvalue weighted by Gasteiger charge is 2.37. The fraction of sp³-hybridized carbons (Fsp3) is 0.280. The van der Waals surface area contributed by atoms with Crippen LogP contribution in [0, 0.1) is 6.92 Å². The summed E-state index contributed by atoms with van der Waals surface area (Å²) in [5.41, 5.74) is 1.57. The number of anilines is 1. The molecule has 3 aromatic rings. The van der Waals surface area contributed by atoms with Gasteiger partial charge in [-0.15, -0.1) is 0 Å². The normalized spacial score (nSPS) is 16.1. The van der Waals surface area contributed by atoms with Crippen LogP contribution in [0.4, 0.5) is 5.69 Å². The standard InChI is InChI=1S/C25H27N3O5S/c1-19-11-13-22(14-12-19)34(31,32)27(17-21-9-6-16-33-21)18-24(29)28-15-5-10-23(28)25(30)26-20-7-3-2-4-8-20/h2-4,6-9,11-14,16,23H,5,10,15,17-18H2,1H3,(H,26,30)/t23-/m0/s1. The van der Waals surface area contributed by atoms with Gasteiger partial charge in [-0.05, 0) is 56.2 Å². The van der Waals surface area contributed by atoms with Crippen LogP contribution in [0.5, 0.6) is 0 Å². The third kappa shape index (κ3) is 5.37. The van der Waals surface area contributed by atoms with Gasteiger partial charge in [-0.2, -0.15) is 4.31 Å². The van der Waals surface area contributed by atoms with E-state index >= 15 is 0 Å². The largest absolute Gasteiger partial charge is 0.468 e. The summed E-state index contributed by atoms with van der Waals surface area (Å²) >= 11 is 0. The Labute approximate surface area is 199 Å². The highest BCUT2D eigenvalue weighted by atomic mass is 32.2. The van der Waals surface area contributed by atoms with Crippen LogP contribution in [-0.4, -0.2) is 48.6 Å². The molecule has 1 aromatic heterocycles. The van der Waals surface area contributed by atoms with Gasteiger partial charge in [0.25, 0.3) is 0 Å². The Morgan fingerprint density at radius 3 is 2.47 bits per heavy atom. The molecule has 0 aliphatic carbocycles. The number of nitrogens with one attached hydrogen (secondary N) is 1. The maximum Gasteiger partial charge on any atom is 0.247 e. The van der Waals surface area contributed by atoms with Gasteiger partial charge in [-0.25, -0.2) is 8.42 Å². The van der Waals surface area contributed by atoms with Crippen LogP contribution >= 0.6 is 0 Å². The van der Waals surface area contributed by atoms with E-state index in [9.17, 15) is 18.0 Å². The molecule has 1 aliphatic rings. The zero-order chi connectivity index (χ0) is 24.1. The van der Waals surface area contributed by atoms with Crippen LogP contribution in [0.1, 0.15) is 24.2 Å². The minimum absolute atomic E-state index is 0.0936. The molecular weight excluding hydrogens is 454 g/mol. The number of nitrogens with zero attached hydrogens (tertiary/aromatic N) is 2. The van der Waals surface area contributed by atoms with Crippen LogP contribution in [0.3, 0.4) is 0 Å². The van der Waals surface area contributed by atoms with Crippen molar-refractivity contribution in [3.63, 3.8) is 0 Å². The van der Waals surface area contributed by atoms with Crippen LogP contribution in [-0.2, 0) is 26.2 Å². The topological polar surface area (TPSA) is 99.9 Å². The maximum absolute atomic E-state index is 13.4. The lowest BCUT2D eigenvalue weighted by Gasteiger charge is -2.27. The van der Waals surface area contributed by atoms with Crippen molar-refractivity contribution in [3.05, 3.63) is 84.3 Å². The Morgan fingerprint density at radius 2 is 1.79 bits per heavy atom. The molecule has 1 N–H and O–H groups in total. The van der Waals surface area contributed by atoms with Gasteiger partial charge in [-0.3, -0.25) is 9.59 Å². The van der Waals surface area contributed by atoms with E-state index in [1.165, 1.54) is 23.3 Å². The van der Waals surface area contributed by atoms with Crippen molar-refractivity contribution in [3.8, 4) is 0 Å². The second-order valence-electron chi connectivity index (χ2n) is 8.27. The molecule has 8 nitrogen and oxygen atoms in total. The molecule has 0 bridgehead atoms. The molecule has 0 unspecified atom stereocenters. The summed E-state index contributed by atoms with van der Waals surface area (Å²) in [6.45, 7) is 1.77. The van der Waals surface area contributed by atoms with Gasteiger partial charge in [0, 0.05) is 12.2 Å². The third-order valence-corrected chi connectivity index (χ3v) is 7.61. The second-order valence-corrected chi connectivity index (χ2v) is 10.2. The Morgan fingerprint density at radius 1 is 1.06 bits per heavy atom. The van der Waals surface area contributed by atoms with E-state index in [1.807, 2.05) is 25.1 Å². The molecule has 1 aliphatic heterocycles. The van der Waals surface area contributed by atoms with E-state index in [4.69, 9.17) is 4.42 Å². The van der Waals surface area contributed by atoms with Crippen molar-refractivity contribution in [1.82, 2.24) is 9.21 Å². The average molecular weight is 482 g/mol. The lowest BCUT2D eigenvalue weighted by Crippen LogP contribution is -2.48. The van der Waals surface area contributed by atoms with E-state index in [0.29, 0.717) is 30.8 Å². The summed E-state index contributed by atoms with van der Waals surface area (Å²) < 4.78 is 33.3. The monoisotopic (exact) mass is 481 g/mol. The maximum atomic E-state index is 13.4. The van der Waals surface area contributed by atoms with E-state index in [0.717, 1.165) is 9.87 Å². The first-order valence-electron chi connectivity index (χ1n) is 11.1. The highest BCUT2D eigenvalue weighted by Crippen LogP contribution is 2.23. The van der Waals surface area contributed by atoms with Crippen LogP contribution < -0.4 is 5.32 Å². The summed E-state index contributed by atoms with van der Waals surface area (Å²) in [5, 5.41) is 2.84. The fourth-order valence-electron chi connectivity index (χ4n) is 3.99. The number of aryl methyl sites for hydroxylation is 1. The van der Waals surface area contributed by atoms with Crippen molar-refractivity contribution < 1.29 is 22.4 Å². The van der Waals surface area contributed by atoms with E-state index in [2.05, 4.69) is 5.32 Å². The molecule has 1 fully saturated rings. The van der Waals surface area contributed by atoms with Gasteiger partial charge in [0.1, 0.15) is 11.8 Å². The number of benzene rings is 2. The molecule has 2 amide bonds. The van der Waals surface area contributed by atoms with E-state index < -0.39 is 28.5 Å². The zero-order valence-electron chi connectivity index (χ0n) is 18.9. The molecule has 9 heteroatoms. The molecule has 34 heavy (non-hydrogen) atoms. The van der Waals surface area contributed by atoms with Crippen molar-refractivity contribution >= 4 is 27.5 Å². The van der Waals surface area contributed by atoms with Gasteiger partial charge in [0.05, 0.1) is 24.2 Å². The number of likely N-dealkylation sites (tertiary alicyclic amines) is 1. The quantitative estimate of drug-likeness (QED) is 0.532. The van der Waals surface area contributed by atoms with Crippen molar-refractivity contribution in [2.75, 3.05) is 18.4 Å². The molecule has 1 saturated heterocycles. The Kier molecular flexibility index (Phi) is 7.14. The fourth-order valence-corrected chi connectivity index (χ4v) is 5.34. The highest BCUT2D eigenvalue weighted by molar-refractivity contribution is 7.89. The molecule has 178 valence electrons. The Hall–Kier alpha value is -3.43. The number of amides is 2. The Balaban J connectivity index is 1.53. The number of carbonyl (C=O) groups is 2. The smallest absolute Gasteiger partial charge is 0.247 e. The molecule has 1 atom stereocenters. The number of hydrogen-bond donors (Lipinski definition) is 1. The minimum Gasteiger partial charge on any atom is -0.468 e. The first-order valence-corrected chi connectivity index (χ1v) is 12.5. The third-order valence-electron chi connectivity index (χ3n) is 5.80. The number of para-hydroxylation sites is 1. The van der Waals surface area contributed by atoms with Crippen molar-refractivity contribution in [1.29, 1.82) is 0 Å². The SMILES string of the molecule is Cc1ccc(S(=O)(=O)N(CC(=O)N2CCC[C@H]2C(=O)Nc2ccccc2)Cc2ccco2)cc1. The summed E-state index contributed by atoms with van der Waals surface area (Å²) in [6, 6.07) is 18.2. The first-order chi connectivity index (χ1) is 16.3. The zero-order valence-corrected chi connectivity index (χ0v) is 19.7. The van der Waals surface area contributed by atoms with Crippen molar-refractivity contribution in [2.24, 2.45) is 0 Å². The molecule has 2 aromatic carbocycles. The van der Waals surface area contributed by atoms with Crippen LogP contribution in [0.2, 0.25) is 0 Å². The number of furan rings is 1. The summed E-state index contributed by atoms with van der Waals surface area (Å²) in [7, 11) is -3.98. The molecular formula is C25H27N3O5S. The van der Waals surface area contributed by atoms with E-state index in [1.54, 1.807) is 36.4 Å². The lowest BCUT2D eigenvalue weighted by molar-refractivity contribution is -0.136. The minimum atomic E-state index is -3.98. The van der Waals surface area contributed by atoms with Gasteiger partial charge in [0.2, 0.25) is 21.8 Å². The number of carbonyl (C=O) groups excluding carboxylic acids is 2. The predicted molar refractivity (Wildman–Crippen MR) is 127 cm³/mol. The average Bonchev–Trinajstić information content (AvgIpc) is 3.52. The molecule has 0 spiro atoms. The van der Waals surface area contributed by atoms with Crippen LogP contribution in [0.25, 0.3) is 0 Å². The van der Waals surface area contributed by atoms with Gasteiger partial charge >= 0.3 is 0 Å². The molecule has 0 radical (unpaired) electrons. The summed E-state index contributed by atoms with van der Waals surface area (Å²) in [4.78, 5) is 27.7. The second kappa shape index (κ2) is 10.2. The number of sulfonamides is 1. The van der Waals surface area contributed by atoms with Gasteiger partial charge in [0.15, 0.2) is 0 Å². The van der Waals surface area contributed by atoms with Crippen molar-refractivity contribution in [2.45, 2.75) is 37.2 Å². The molecule has 0 saturated carbocycles. The van der Waals surface area contributed by atoms with Gasteiger partial charge < -0.3 is 14.6 Å². The Bertz CT molecular complexity index is 1230. The summed E-state index contributed by atoms with van der Waals surface area (Å²) in [5.74, 6) is -0.285. The predicted octanol–water partition coefficient (Wildman–Crippen LogP) is 3.41. The van der Waals surface area contributed by atoms with Crippen LogP contribution in [0.15, 0.2) is 82.3 Å². The molecule has 2 heterocycles. The first kappa shape index (κ1) is 23.7.